The molecule has 56 heavy (non-hydrogen) atoms. The summed E-state index contributed by atoms with van der Waals surface area (Å²) in [6.07, 6.45) is -6.85. The van der Waals surface area contributed by atoms with Crippen LogP contribution in [-0.4, -0.2) is 149 Å². The number of carbonyl (C=O) groups is 2. The van der Waals surface area contributed by atoms with Gasteiger partial charge in [-0.2, -0.15) is 0 Å². The molecule has 0 amide bonds. The molecule has 16 nitrogen and oxygen atoms in total. The molecule has 0 aromatic heterocycles. The van der Waals surface area contributed by atoms with Crippen LogP contribution in [0.2, 0.25) is 0 Å². The fourth-order valence-electron chi connectivity index (χ4n) is 7.08. The first kappa shape index (κ1) is 52.1. The van der Waals surface area contributed by atoms with Gasteiger partial charge in [-0.1, -0.05) is 111 Å². The SMILES string of the molecule is CCCCCCOC(CCCCCC)(C(=O)OC1=C(O)C(=O)O[C@@H]1[C@@H](O)CO)C(CCCCCC)(OCCCCCC)C(O)C(O)C(O)C(O)C(O)C(O)CO. The molecule has 0 spiro atoms. The number of hydrogen-bond acceptors (Lipinski definition) is 16. The minimum absolute atomic E-state index is 0.0767. The van der Waals surface area contributed by atoms with Crippen LogP contribution in [0.3, 0.4) is 0 Å². The molecule has 0 fully saturated rings. The van der Waals surface area contributed by atoms with Crippen molar-refractivity contribution in [2.24, 2.45) is 0 Å². The summed E-state index contributed by atoms with van der Waals surface area (Å²) in [4.78, 5) is 27.7. The Morgan fingerprint density at radius 3 is 1.62 bits per heavy atom. The van der Waals surface area contributed by atoms with Crippen LogP contribution in [0.5, 0.6) is 0 Å². The molecule has 1 aliphatic rings. The van der Waals surface area contributed by atoms with Crippen molar-refractivity contribution in [3.05, 3.63) is 11.5 Å². The van der Waals surface area contributed by atoms with E-state index >= 15 is 4.79 Å². The van der Waals surface area contributed by atoms with Gasteiger partial charge >= 0.3 is 11.9 Å². The Labute approximate surface area is 332 Å². The second kappa shape index (κ2) is 27.7. The number of aliphatic hydroxyl groups excluding tert-OH is 10. The van der Waals surface area contributed by atoms with Gasteiger partial charge in [-0.3, -0.25) is 0 Å². The minimum Gasteiger partial charge on any atom is -0.499 e. The van der Waals surface area contributed by atoms with Gasteiger partial charge in [0, 0.05) is 13.2 Å². The lowest BCUT2D eigenvalue weighted by Crippen LogP contribution is -2.72. The van der Waals surface area contributed by atoms with Crippen molar-refractivity contribution in [1.82, 2.24) is 0 Å². The van der Waals surface area contributed by atoms with Crippen LogP contribution in [0.4, 0.5) is 0 Å². The molecule has 0 aromatic rings. The van der Waals surface area contributed by atoms with Crippen molar-refractivity contribution in [1.29, 1.82) is 0 Å². The van der Waals surface area contributed by atoms with Gasteiger partial charge in [0.05, 0.1) is 13.2 Å². The van der Waals surface area contributed by atoms with E-state index in [0.717, 1.165) is 51.4 Å². The van der Waals surface area contributed by atoms with Gasteiger partial charge in [-0.05, 0) is 32.1 Å². The zero-order valence-electron chi connectivity index (χ0n) is 34.1. The molecule has 16 heteroatoms. The molecule has 1 aliphatic heterocycles. The first-order chi connectivity index (χ1) is 26.7. The average Bonchev–Trinajstić information content (AvgIpc) is 3.48. The molecule has 1 heterocycles. The molecule has 0 aliphatic carbocycles. The van der Waals surface area contributed by atoms with E-state index in [9.17, 15) is 55.9 Å². The maximum atomic E-state index is 15.2. The lowest BCUT2D eigenvalue weighted by atomic mass is 9.69. The van der Waals surface area contributed by atoms with Crippen molar-refractivity contribution in [2.45, 2.75) is 203 Å². The molecule has 0 saturated carbocycles. The van der Waals surface area contributed by atoms with Crippen LogP contribution in [0, 0.1) is 0 Å². The first-order valence-electron chi connectivity index (χ1n) is 20.8. The van der Waals surface area contributed by atoms with Crippen molar-refractivity contribution in [3.63, 3.8) is 0 Å². The Morgan fingerprint density at radius 1 is 0.643 bits per heavy atom. The maximum Gasteiger partial charge on any atom is 0.378 e. The van der Waals surface area contributed by atoms with Gasteiger partial charge in [-0.25, -0.2) is 9.59 Å². The second-order valence-corrected chi connectivity index (χ2v) is 15.0. The largest absolute Gasteiger partial charge is 0.499 e. The lowest BCUT2D eigenvalue weighted by Gasteiger charge is -2.52. The number of cyclic esters (lactones) is 1. The predicted molar refractivity (Wildman–Crippen MR) is 205 cm³/mol. The Bertz CT molecular complexity index is 1120. The summed E-state index contributed by atoms with van der Waals surface area (Å²) < 4.78 is 24.2. The molecule has 10 N–H and O–H groups in total. The van der Waals surface area contributed by atoms with Gasteiger partial charge in [-0.15, -0.1) is 0 Å². The number of unbranched alkanes of at least 4 members (excludes halogenated alkanes) is 12. The normalized spacial score (nSPS) is 20.7. The molecule has 10 atom stereocenters. The Balaban J connectivity index is 4.23. The van der Waals surface area contributed by atoms with Crippen molar-refractivity contribution < 1.29 is 79.6 Å². The number of esters is 2. The maximum absolute atomic E-state index is 15.2. The predicted octanol–water partition coefficient (Wildman–Crippen LogP) is 2.35. The van der Waals surface area contributed by atoms with Gasteiger partial charge in [0.2, 0.25) is 11.5 Å². The van der Waals surface area contributed by atoms with E-state index in [2.05, 4.69) is 0 Å². The highest BCUT2D eigenvalue weighted by Gasteiger charge is 2.65. The summed E-state index contributed by atoms with van der Waals surface area (Å²) in [5.74, 6) is -4.54. The molecular formula is C40H74O16. The van der Waals surface area contributed by atoms with Gasteiger partial charge in [0.15, 0.2) is 11.7 Å². The summed E-state index contributed by atoms with van der Waals surface area (Å²) in [5, 5.41) is 107. The third-order valence-corrected chi connectivity index (χ3v) is 10.6. The molecule has 0 bridgehead atoms. The molecule has 330 valence electrons. The lowest BCUT2D eigenvalue weighted by molar-refractivity contribution is -0.279. The molecule has 8 unspecified atom stereocenters. The van der Waals surface area contributed by atoms with Crippen molar-refractivity contribution >= 4 is 11.9 Å². The summed E-state index contributed by atoms with van der Waals surface area (Å²) in [6, 6.07) is 0. The van der Waals surface area contributed by atoms with E-state index in [1.165, 1.54) is 0 Å². The highest BCUT2D eigenvalue weighted by molar-refractivity contribution is 5.91. The van der Waals surface area contributed by atoms with Crippen LogP contribution in [0.1, 0.15) is 143 Å². The summed E-state index contributed by atoms with van der Waals surface area (Å²) in [7, 11) is 0. The van der Waals surface area contributed by atoms with E-state index in [1.54, 1.807) is 0 Å². The number of hydrogen-bond donors (Lipinski definition) is 10. The zero-order valence-corrected chi connectivity index (χ0v) is 34.1. The monoisotopic (exact) mass is 810 g/mol. The number of carbonyl (C=O) groups excluding carboxylic acids is 2. The Morgan fingerprint density at radius 2 is 1.12 bits per heavy atom. The van der Waals surface area contributed by atoms with Crippen LogP contribution in [-0.2, 0) is 28.5 Å². The van der Waals surface area contributed by atoms with E-state index in [4.69, 9.17) is 18.9 Å². The Kier molecular flexibility index (Phi) is 25.7. The number of aliphatic hydroxyl groups is 10. The van der Waals surface area contributed by atoms with Gasteiger partial charge < -0.3 is 70.0 Å². The highest BCUT2D eigenvalue weighted by Crippen LogP contribution is 2.46. The van der Waals surface area contributed by atoms with Crippen LogP contribution < -0.4 is 0 Å². The fraction of sp³-hybridized carbons (Fsp3) is 0.900. The second-order valence-electron chi connectivity index (χ2n) is 15.0. The van der Waals surface area contributed by atoms with Crippen LogP contribution in [0.15, 0.2) is 11.5 Å². The van der Waals surface area contributed by atoms with E-state index in [1.807, 2.05) is 27.7 Å². The van der Waals surface area contributed by atoms with Crippen LogP contribution >= 0.6 is 0 Å². The molecule has 0 aromatic carbocycles. The van der Waals surface area contributed by atoms with E-state index < -0.39 is 96.7 Å². The molecule has 1 rings (SSSR count). The average molecular weight is 811 g/mol. The minimum atomic E-state index is -2.37. The molecular weight excluding hydrogens is 736 g/mol. The standard InChI is InChI=1S/C40H74O16/c1-5-9-13-17-21-39(53-23-19-15-11-7-3,36(50)32(48)31(47)30(46)29(45)27(43)25-41)40(22-18-14-10-6-2,54-24-20-16-12-8-4)38(52)56-35-33(49)37(51)55-34(35)28(44)26-42/h27-32,34,36,41-50H,5-26H2,1-4H3/t27?,28-,29?,30?,31?,32?,34+,36?,39?,40?/m0/s1. The topological polar surface area (TPSA) is 273 Å². The fourth-order valence-corrected chi connectivity index (χ4v) is 7.08. The number of ether oxygens (including phenoxy) is 4. The summed E-state index contributed by atoms with van der Waals surface area (Å²) >= 11 is 0. The molecule has 0 saturated heterocycles. The van der Waals surface area contributed by atoms with Crippen LogP contribution in [0.25, 0.3) is 0 Å². The third-order valence-electron chi connectivity index (χ3n) is 10.6. The Hall–Kier alpha value is -1.96. The molecule has 0 radical (unpaired) electrons. The highest BCUT2D eigenvalue weighted by atomic mass is 16.6. The van der Waals surface area contributed by atoms with E-state index in [0.29, 0.717) is 44.9 Å². The first-order valence-corrected chi connectivity index (χ1v) is 20.8. The zero-order chi connectivity index (χ0) is 42.3. The van der Waals surface area contributed by atoms with Gasteiger partial charge in [0.25, 0.3) is 0 Å². The van der Waals surface area contributed by atoms with E-state index in [-0.39, 0.29) is 32.5 Å². The summed E-state index contributed by atoms with van der Waals surface area (Å²) in [6.45, 7) is 5.90. The summed E-state index contributed by atoms with van der Waals surface area (Å²) in [5.41, 5.74) is -4.65. The third kappa shape index (κ3) is 14.4. The quantitative estimate of drug-likeness (QED) is 0.0330. The van der Waals surface area contributed by atoms with Crippen molar-refractivity contribution in [2.75, 3.05) is 26.4 Å². The van der Waals surface area contributed by atoms with Gasteiger partial charge in [0.1, 0.15) is 48.3 Å². The number of rotatable bonds is 34. The smallest absolute Gasteiger partial charge is 0.378 e. The van der Waals surface area contributed by atoms with Crippen molar-refractivity contribution in [3.8, 4) is 0 Å².